The van der Waals surface area contributed by atoms with Crippen LogP contribution in [0.2, 0.25) is 0 Å². The van der Waals surface area contributed by atoms with Crippen molar-refractivity contribution in [2.24, 2.45) is 0 Å². The van der Waals surface area contributed by atoms with E-state index in [1.54, 1.807) is 17.6 Å². The van der Waals surface area contributed by atoms with E-state index in [1.165, 1.54) is 5.56 Å². The predicted octanol–water partition coefficient (Wildman–Crippen LogP) is 2.59. The Kier molecular flexibility index (Phi) is 4.60. The highest BCUT2D eigenvalue weighted by Gasteiger charge is 2.22. The van der Waals surface area contributed by atoms with Crippen molar-refractivity contribution in [2.45, 2.75) is 26.1 Å². The third-order valence-corrected chi connectivity index (χ3v) is 4.14. The predicted molar refractivity (Wildman–Crippen MR) is 86.3 cm³/mol. The lowest BCUT2D eigenvalue weighted by Gasteiger charge is -2.26. The van der Waals surface area contributed by atoms with Crippen LogP contribution >= 0.6 is 0 Å². The van der Waals surface area contributed by atoms with Crippen molar-refractivity contribution in [2.75, 3.05) is 6.61 Å². The average molecular weight is 312 g/mol. The van der Waals surface area contributed by atoms with E-state index < -0.39 is 5.91 Å². The number of nitrogens with one attached hydrogen (secondary N) is 1. The van der Waals surface area contributed by atoms with Gasteiger partial charge in [0.1, 0.15) is 12.4 Å². The first kappa shape index (κ1) is 15.5. The number of ether oxygens (including phenoxy) is 1. The second kappa shape index (κ2) is 6.81. The molecule has 0 saturated carbocycles. The molecular weight excluding hydrogens is 292 g/mol. The van der Waals surface area contributed by atoms with E-state index in [0.29, 0.717) is 17.9 Å². The molecular formula is C18H20N2O3. The van der Waals surface area contributed by atoms with E-state index in [-0.39, 0.29) is 6.04 Å². The summed E-state index contributed by atoms with van der Waals surface area (Å²) >= 11 is 0. The summed E-state index contributed by atoms with van der Waals surface area (Å²) in [5.41, 5.74) is 4.34. The normalized spacial score (nSPS) is 17.7. The Morgan fingerprint density at radius 2 is 2.09 bits per heavy atom. The number of hydrogen-bond donors (Lipinski definition) is 2. The second-order valence-corrected chi connectivity index (χ2v) is 5.81. The molecule has 1 heterocycles. The fourth-order valence-corrected chi connectivity index (χ4v) is 2.75. The first-order valence-corrected chi connectivity index (χ1v) is 7.65. The quantitative estimate of drug-likeness (QED) is 0.675. The first-order valence-electron chi connectivity index (χ1n) is 7.65. The molecule has 0 bridgehead atoms. The van der Waals surface area contributed by atoms with Crippen molar-refractivity contribution in [3.05, 3.63) is 65.2 Å². The maximum absolute atomic E-state index is 11.5. The number of carbonyl (C=O) groups excluding carboxylic acids is 1. The smallest absolute Gasteiger partial charge is 0.274 e. The van der Waals surface area contributed by atoms with Gasteiger partial charge in [0.2, 0.25) is 0 Å². The molecule has 0 aliphatic carbocycles. The molecule has 0 radical (unpaired) electrons. The minimum atomic E-state index is -0.533. The molecule has 2 N–H and O–H groups in total. The summed E-state index contributed by atoms with van der Waals surface area (Å²) in [4.78, 5) is 13.9. The Bertz CT molecular complexity index is 688. The number of hydrogen-bond acceptors (Lipinski definition) is 4. The number of carbonyl (C=O) groups is 1. The van der Waals surface area contributed by atoms with Crippen LogP contribution in [0.25, 0.3) is 0 Å². The molecule has 1 amide bonds. The average Bonchev–Trinajstić information content (AvgIpc) is 2.74. The van der Waals surface area contributed by atoms with Crippen molar-refractivity contribution in [1.82, 2.24) is 10.4 Å². The van der Waals surface area contributed by atoms with Gasteiger partial charge in [0.25, 0.3) is 5.91 Å². The van der Waals surface area contributed by atoms with E-state index in [2.05, 4.69) is 24.0 Å². The van der Waals surface area contributed by atoms with Crippen LogP contribution in [0.1, 0.15) is 28.4 Å². The van der Waals surface area contributed by atoms with Crippen LogP contribution in [0.4, 0.5) is 0 Å². The molecule has 0 saturated heterocycles. The molecule has 0 spiro atoms. The summed E-state index contributed by atoms with van der Waals surface area (Å²) in [6.07, 6.45) is 0. The van der Waals surface area contributed by atoms with Gasteiger partial charge in [0.15, 0.2) is 0 Å². The van der Waals surface area contributed by atoms with E-state index in [0.717, 1.165) is 18.7 Å². The first-order chi connectivity index (χ1) is 11.2. The van der Waals surface area contributed by atoms with E-state index in [1.807, 2.05) is 24.3 Å². The molecule has 1 aliphatic heterocycles. The molecule has 0 aromatic heterocycles. The highest BCUT2D eigenvalue weighted by molar-refractivity contribution is 5.93. The number of fused-ring (bicyclic) bond motifs is 1. The van der Waals surface area contributed by atoms with Gasteiger partial charge in [-0.05, 0) is 24.6 Å². The Balaban J connectivity index is 1.82. The Morgan fingerprint density at radius 3 is 2.83 bits per heavy atom. The van der Waals surface area contributed by atoms with Gasteiger partial charge in [-0.1, -0.05) is 36.4 Å². The molecule has 0 fully saturated rings. The van der Waals surface area contributed by atoms with Gasteiger partial charge in [-0.3, -0.25) is 14.9 Å². The number of amides is 1. The maximum atomic E-state index is 11.5. The van der Waals surface area contributed by atoms with Crippen molar-refractivity contribution in [3.8, 4) is 5.75 Å². The number of rotatable bonds is 3. The summed E-state index contributed by atoms with van der Waals surface area (Å²) in [5, 5.41) is 8.75. The SMILES string of the molecule is C[C@H]1COc2cc(C(=O)NO)ccc2CN1Cc1ccccc1. The van der Waals surface area contributed by atoms with Gasteiger partial charge in [-0.15, -0.1) is 0 Å². The van der Waals surface area contributed by atoms with Crippen LogP contribution in [-0.2, 0) is 13.1 Å². The molecule has 0 unspecified atom stereocenters. The zero-order valence-electron chi connectivity index (χ0n) is 13.0. The lowest BCUT2D eigenvalue weighted by atomic mass is 10.1. The Labute approximate surface area is 135 Å². The largest absolute Gasteiger partial charge is 0.492 e. The van der Waals surface area contributed by atoms with Gasteiger partial charge in [0, 0.05) is 30.3 Å². The van der Waals surface area contributed by atoms with Crippen molar-refractivity contribution in [3.63, 3.8) is 0 Å². The fourth-order valence-electron chi connectivity index (χ4n) is 2.75. The van der Waals surface area contributed by atoms with Crippen LogP contribution in [0, 0.1) is 0 Å². The zero-order valence-corrected chi connectivity index (χ0v) is 13.0. The van der Waals surface area contributed by atoms with Crippen LogP contribution in [-0.4, -0.2) is 28.7 Å². The molecule has 23 heavy (non-hydrogen) atoms. The standard InChI is InChI=1S/C18H20N2O3/c1-13-12-23-17-9-15(18(21)19-22)7-8-16(17)11-20(13)10-14-5-3-2-4-6-14/h2-9,13,22H,10-12H2,1H3,(H,19,21)/t13-/m0/s1. The van der Waals surface area contributed by atoms with Crippen molar-refractivity contribution >= 4 is 5.91 Å². The fraction of sp³-hybridized carbons (Fsp3) is 0.278. The second-order valence-electron chi connectivity index (χ2n) is 5.81. The van der Waals surface area contributed by atoms with Crippen molar-refractivity contribution < 1.29 is 14.7 Å². The van der Waals surface area contributed by atoms with Crippen LogP contribution < -0.4 is 10.2 Å². The number of benzene rings is 2. The van der Waals surface area contributed by atoms with E-state index >= 15 is 0 Å². The minimum Gasteiger partial charge on any atom is -0.492 e. The lowest BCUT2D eigenvalue weighted by Crippen LogP contribution is -2.34. The van der Waals surface area contributed by atoms with Crippen LogP contribution in [0.3, 0.4) is 0 Å². The summed E-state index contributed by atoms with van der Waals surface area (Å²) in [7, 11) is 0. The molecule has 1 atom stereocenters. The number of nitrogens with zero attached hydrogens (tertiary/aromatic N) is 1. The molecule has 2 aromatic rings. The van der Waals surface area contributed by atoms with Gasteiger partial charge in [-0.2, -0.15) is 0 Å². The van der Waals surface area contributed by atoms with Gasteiger partial charge < -0.3 is 4.74 Å². The minimum absolute atomic E-state index is 0.262. The summed E-state index contributed by atoms with van der Waals surface area (Å²) < 4.78 is 5.86. The summed E-state index contributed by atoms with van der Waals surface area (Å²) in [6.45, 7) is 4.30. The van der Waals surface area contributed by atoms with Gasteiger partial charge in [0.05, 0.1) is 0 Å². The highest BCUT2D eigenvalue weighted by Crippen LogP contribution is 2.27. The van der Waals surface area contributed by atoms with Crippen LogP contribution in [0.5, 0.6) is 5.75 Å². The third-order valence-electron chi connectivity index (χ3n) is 4.14. The highest BCUT2D eigenvalue weighted by atomic mass is 16.5. The van der Waals surface area contributed by atoms with Crippen LogP contribution in [0.15, 0.2) is 48.5 Å². The van der Waals surface area contributed by atoms with Gasteiger partial charge >= 0.3 is 0 Å². The molecule has 2 aromatic carbocycles. The van der Waals surface area contributed by atoms with Crippen molar-refractivity contribution in [1.29, 1.82) is 0 Å². The Morgan fingerprint density at radius 1 is 1.30 bits per heavy atom. The number of hydroxylamine groups is 1. The Hall–Kier alpha value is -2.37. The molecule has 5 nitrogen and oxygen atoms in total. The summed E-state index contributed by atoms with van der Waals surface area (Å²) in [6, 6.07) is 15.9. The topological polar surface area (TPSA) is 61.8 Å². The van der Waals surface area contributed by atoms with E-state index in [9.17, 15) is 4.79 Å². The molecule has 3 rings (SSSR count). The molecule has 1 aliphatic rings. The third kappa shape index (κ3) is 3.52. The molecule has 5 heteroatoms. The lowest BCUT2D eigenvalue weighted by molar-refractivity contribution is 0.0706. The zero-order chi connectivity index (χ0) is 16.2. The van der Waals surface area contributed by atoms with Gasteiger partial charge in [-0.25, -0.2) is 5.48 Å². The van der Waals surface area contributed by atoms with E-state index in [4.69, 9.17) is 9.94 Å². The summed E-state index contributed by atoms with van der Waals surface area (Å²) in [5.74, 6) is 0.170. The maximum Gasteiger partial charge on any atom is 0.274 e. The molecule has 120 valence electrons. The monoisotopic (exact) mass is 312 g/mol.